The number of ketones is 1. The van der Waals surface area contributed by atoms with Gasteiger partial charge in [0.05, 0.1) is 12.7 Å². The normalized spacial score (nSPS) is 19.6. The highest BCUT2D eigenvalue weighted by atomic mass is 19.4. The summed E-state index contributed by atoms with van der Waals surface area (Å²) in [5, 5.41) is 2.79. The number of carbonyl (C=O) groups is 2. The van der Waals surface area contributed by atoms with Crippen LogP contribution in [0.4, 0.5) is 18.0 Å². The highest BCUT2D eigenvalue weighted by molar-refractivity contribution is 6.02. The number of hydrogen-bond donors (Lipinski definition) is 1. The van der Waals surface area contributed by atoms with Crippen LogP contribution in [0.5, 0.6) is 0 Å². The third-order valence-corrected chi connectivity index (χ3v) is 8.63. The molecular formula is C33H34F3NO3. The zero-order chi connectivity index (χ0) is 28.3. The van der Waals surface area contributed by atoms with Gasteiger partial charge in [-0.15, -0.1) is 0 Å². The van der Waals surface area contributed by atoms with Gasteiger partial charge in [0.2, 0.25) is 0 Å². The fourth-order valence-electron chi connectivity index (χ4n) is 6.28. The van der Waals surface area contributed by atoms with E-state index in [4.69, 9.17) is 0 Å². The maximum absolute atomic E-state index is 13.1. The standard InChI is InChI=1S/C33H34F3NO3/c1-40-31(39)37-18-16-27-21-32(27)17-15-24-19-22(9-10-25(24)20-32)5-4-8-30(38)29-7-3-2-6-28(29)23-11-13-26(14-12-23)33(34,35)36/h2-3,6-7,9-14,19,27H,4-5,8,15-18,20-21H2,1H3,(H,37,39)/t27?,32-/m0/s1. The molecule has 1 saturated carbocycles. The first-order valence-electron chi connectivity index (χ1n) is 13.9. The van der Waals surface area contributed by atoms with Gasteiger partial charge in [0.25, 0.3) is 0 Å². The average Bonchev–Trinajstić information content (AvgIpc) is 3.62. The summed E-state index contributed by atoms with van der Waals surface area (Å²) in [6.45, 7) is 0.651. The molecule has 1 fully saturated rings. The molecule has 0 bridgehead atoms. The quantitative estimate of drug-likeness (QED) is 0.277. The van der Waals surface area contributed by atoms with Crippen LogP contribution in [0.25, 0.3) is 11.1 Å². The molecule has 40 heavy (non-hydrogen) atoms. The van der Waals surface area contributed by atoms with Gasteiger partial charge in [-0.1, -0.05) is 54.6 Å². The highest BCUT2D eigenvalue weighted by Gasteiger charge is 2.53. The lowest BCUT2D eigenvalue weighted by Gasteiger charge is -2.26. The number of methoxy groups -OCH3 is 1. The van der Waals surface area contributed by atoms with E-state index in [1.165, 1.54) is 48.8 Å². The van der Waals surface area contributed by atoms with Crippen LogP contribution in [-0.2, 0) is 30.2 Å². The number of benzene rings is 3. The molecule has 1 N–H and O–H groups in total. The molecule has 2 aliphatic rings. The van der Waals surface area contributed by atoms with Crippen LogP contribution in [0, 0.1) is 11.3 Å². The van der Waals surface area contributed by atoms with E-state index in [9.17, 15) is 22.8 Å². The van der Waals surface area contributed by atoms with E-state index >= 15 is 0 Å². The number of carbonyl (C=O) groups excluding carboxylic acids is 2. The van der Waals surface area contributed by atoms with E-state index in [-0.39, 0.29) is 11.9 Å². The van der Waals surface area contributed by atoms with Gasteiger partial charge < -0.3 is 10.1 Å². The van der Waals surface area contributed by atoms with E-state index in [0.29, 0.717) is 47.4 Å². The average molecular weight is 550 g/mol. The minimum Gasteiger partial charge on any atom is -0.453 e. The monoisotopic (exact) mass is 549 g/mol. The predicted octanol–water partition coefficient (Wildman–Crippen LogP) is 7.82. The van der Waals surface area contributed by atoms with E-state index in [1.54, 1.807) is 24.3 Å². The molecule has 3 aromatic carbocycles. The van der Waals surface area contributed by atoms with Gasteiger partial charge in [-0.2, -0.15) is 13.2 Å². The molecule has 4 nitrogen and oxygen atoms in total. The minimum absolute atomic E-state index is 0.00290. The molecular weight excluding hydrogens is 515 g/mol. The van der Waals surface area contributed by atoms with Gasteiger partial charge >= 0.3 is 12.3 Å². The van der Waals surface area contributed by atoms with Crippen molar-refractivity contribution in [2.45, 2.75) is 57.5 Å². The van der Waals surface area contributed by atoms with Gasteiger partial charge in [0.1, 0.15) is 0 Å². The van der Waals surface area contributed by atoms with Crippen molar-refractivity contribution in [2.24, 2.45) is 11.3 Å². The smallest absolute Gasteiger partial charge is 0.416 e. The van der Waals surface area contributed by atoms with Crippen LogP contribution in [0.3, 0.4) is 0 Å². The number of ether oxygens (including phenoxy) is 1. The molecule has 5 rings (SSSR count). The van der Waals surface area contributed by atoms with Gasteiger partial charge in [-0.3, -0.25) is 4.79 Å². The van der Waals surface area contributed by atoms with Crippen molar-refractivity contribution in [3.63, 3.8) is 0 Å². The van der Waals surface area contributed by atoms with Crippen molar-refractivity contribution >= 4 is 11.9 Å². The van der Waals surface area contributed by atoms with Crippen LogP contribution in [-0.4, -0.2) is 25.5 Å². The lowest BCUT2D eigenvalue weighted by Crippen LogP contribution is -2.25. The van der Waals surface area contributed by atoms with Gasteiger partial charge in [-0.05, 0) is 96.2 Å². The van der Waals surface area contributed by atoms with E-state index < -0.39 is 11.7 Å². The maximum Gasteiger partial charge on any atom is 0.416 e. The molecule has 2 aliphatic carbocycles. The first-order valence-corrected chi connectivity index (χ1v) is 13.9. The second-order valence-corrected chi connectivity index (χ2v) is 11.1. The third kappa shape index (κ3) is 6.24. The molecule has 0 radical (unpaired) electrons. The largest absolute Gasteiger partial charge is 0.453 e. The molecule has 7 heteroatoms. The Kier molecular flexibility index (Phi) is 8.02. The zero-order valence-electron chi connectivity index (χ0n) is 22.7. The summed E-state index contributed by atoms with van der Waals surface area (Å²) in [6, 6.07) is 18.8. The Bertz CT molecular complexity index is 1380. The van der Waals surface area contributed by atoms with Gasteiger partial charge in [-0.25, -0.2) is 4.79 Å². The SMILES string of the molecule is COC(=O)NCCC1C[C@@]12CCc1cc(CCCC(=O)c3ccccc3-c3ccc(C(F)(F)F)cc3)ccc1C2. The van der Waals surface area contributed by atoms with Crippen LogP contribution in [0.2, 0.25) is 0 Å². The Morgan fingerprint density at radius 2 is 1.80 bits per heavy atom. The lowest BCUT2D eigenvalue weighted by atomic mass is 9.79. The van der Waals surface area contributed by atoms with Crippen molar-refractivity contribution < 1.29 is 27.5 Å². The predicted molar refractivity (Wildman–Crippen MR) is 148 cm³/mol. The first-order chi connectivity index (χ1) is 19.2. The number of alkyl carbamates (subject to hydrolysis) is 1. The number of hydrogen-bond acceptors (Lipinski definition) is 3. The Morgan fingerprint density at radius 1 is 1.02 bits per heavy atom. The Morgan fingerprint density at radius 3 is 2.55 bits per heavy atom. The summed E-state index contributed by atoms with van der Waals surface area (Å²) in [4.78, 5) is 24.4. The molecule has 1 unspecified atom stereocenters. The minimum atomic E-state index is -4.39. The van der Waals surface area contributed by atoms with Crippen molar-refractivity contribution in [1.29, 1.82) is 0 Å². The first kappa shape index (κ1) is 27.9. The Labute approximate surface area is 232 Å². The molecule has 1 spiro atoms. The molecule has 0 heterocycles. The maximum atomic E-state index is 13.1. The van der Waals surface area contributed by atoms with Crippen molar-refractivity contribution in [3.8, 4) is 11.1 Å². The summed E-state index contributed by atoms with van der Waals surface area (Å²) in [6.07, 6.45) is 2.63. The number of amides is 1. The van der Waals surface area contributed by atoms with Crippen LogP contribution < -0.4 is 5.32 Å². The summed E-state index contributed by atoms with van der Waals surface area (Å²) in [5.74, 6) is 0.644. The van der Waals surface area contributed by atoms with Crippen LogP contribution >= 0.6 is 0 Å². The number of rotatable bonds is 9. The van der Waals surface area contributed by atoms with Crippen molar-refractivity contribution in [2.75, 3.05) is 13.7 Å². The van der Waals surface area contributed by atoms with Crippen molar-refractivity contribution in [1.82, 2.24) is 5.32 Å². The number of fused-ring (bicyclic) bond motifs is 1. The molecule has 0 saturated heterocycles. The third-order valence-electron chi connectivity index (χ3n) is 8.63. The molecule has 0 aliphatic heterocycles. The number of Topliss-reactive ketones (excluding diaryl/α,β-unsaturated/α-hetero) is 1. The molecule has 3 aromatic rings. The van der Waals surface area contributed by atoms with E-state index in [2.05, 4.69) is 28.3 Å². The van der Waals surface area contributed by atoms with Crippen LogP contribution in [0.1, 0.15) is 64.7 Å². The molecule has 2 atom stereocenters. The summed E-state index contributed by atoms with van der Waals surface area (Å²) < 4.78 is 43.5. The number of aryl methyl sites for hydroxylation is 2. The molecule has 0 aromatic heterocycles. The fourth-order valence-corrected chi connectivity index (χ4v) is 6.28. The second-order valence-electron chi connectivity index (χ2n) is 11.1. The summed E-state index contributed by atoms with van der Waals surface area (Å²) in [7, 11) is 1.38. The Hall–Kier alpha value is -3.61. The van der Waals surface area contributed by atoms with Crippen molar-refractivity contribution in [3.05, 3.63) is 94.5 Å². The van der Waals surface area contributed by atoms with Gasteiger partial charge in [0, 0.05) is 18.5 Å². The molecule has 1 amide bonds. The van der Waals surface area contributed by atoms with E-state index in [1.807, 2.05) is 0 Å². The zero-order valence-corrected chi connectivity index (χ0v) is 22.7. The number of halogens is 3. The van der Waals surface area contributed by atoms with Crippen LogP contribution in [0.15, 0.2) is 66.7 Å². The highest BCUT2D eigenvalue weighted by Crippen LogP contribution is 2.61. The number of alkyl halides is 3. The second kappa shape index (κ2) is 11.5. The molecule has 210 valence electrons. The van der Waals surface area contributed by atoms with E-state index in [0.717, 1.165) is 37.8 Å². The summed E-state index contributed by atoms with van der Waals surface area (Å²) >= 11 is 0. The lowest BCUT2D eigenvalue weighted by molar-refractivity contribution is -0.137. The fraction of sp³-hybridized carbons (Fsp3) is 0.394. The van der Waals surface area contributed by atoms with Gasteiger partial charge in [0.15, 0.2) is 5.78 Å². The Balaban J connectivity index is 1.15. The topological polar surface area (TPSA) is 55.4 Å². The number of nitrogens with one attached hydrogen (secondary N) is 1. The summed E-state index contributed by atoms with van der Waals surface area (Å²) in [5.41, 5.74) is 5.52.